The van der Waals surface area contributed by atoms with E-state index in [0.29, 0.717) is 24.7 Å². The highest BCUT2D eigenvalue weighted by Gasteiger charge is 2.20. The Kier molecular flexibility index (Phi) is 6.70. The van der Waals surface area contributed by atoms with Gasteiger partial charge in [-0.05, 0) is 51.2 Å². The number of hydrogen-bond acceptors (Lipinski definition) is 6. The summed E-state index contributed by atoms with van der Waals surface area (Å²) in [4.78, 5) is 23.2. The number of rotatable bonds is 7. The lowest BCUT2D eigenvalue weighted by Gasteiger charge is -2.35. The molecule has 28 heavy (non-hydrogen) atoms. The van der Waals surface area contributed by atoms with Crippen molar-refractivity contribution in [3.05, 3.63) is 47.2 Å². The minimum absolute atomic E-state index is 0.184. The smallest absolute Gasteiger partial charge is 0.273 e. The molecule has 1 amide bonds. The molecule has 1 saturated heterocycles. The second-order valence-electron chi connectivity index (χ2n) is 7.72. The first-order chi connectivity index (χ1) is 13.4. The van der Waals surface area contributed by atoms with Crippen molar-refractivity contribution >= 4 is 11.6 Å². The Labute approximate surface area is 167 Å². The standard InChI is InChI=1S/C21H31N5O2/c1-16-5-6-18(13-17(16)2)26-11-9-25(10-12-26)14-20-23-19(15-28-20)21(27)22-7-8-24(3)4/h5-6,13,15H,7-12,14H2,1-4H3,(H,22,27). The summed E-state index contributed by atoms with van der Waals surface area (Å²) in [5, 5.41) is 2.86. The highest BCUT2D eigenvalue weighted by molar-refractivity contribution is 5.91. The van der Waals surface area contributed by atoms with Crippen LogP contribution in [0.2, 0.25) is 0 Å². The molecule has 0 atom stereocenters. The van der Waals surface area contributed by atoms with Crippen molar-refractivity contribution in [3.8, 4) is 0 Å². The molecule has 0 bridgehead atoms. The molecule has 2 heterocycles. The number of aromatic nitrogens is 1. The van der Waals surface area contributed by atoms with Gasteiger partial charge in [-0.15, -0.1) is 0 Å². The molecule has 1 N–H and O–H groups in total. The molecule has 1 aliphatic heterocycles. The number of likely N-dealkylation sites (N-methyl/N-ethyl adjacent to an activating group) is 1. The fourth-order valence-corrected chi connectivity index (χ4v) is 3.25. The molecular formula is C21H31N5O2. The highest BCUT2D eigenvalue weighted by atomic mass is 16.3. The van der Waals surface area contributed by atoms with E-state index in [1.165, 1.54) is 23.1 Å². The van der Waals surface area contributed by atoms with Gasteiger partial charge in [0.1, 0.15) is 6.26 Å². The summed E-state index contributed by atoms with van der Waals surface area (Å²) in [6.45, 7) is 10.2. The average molecular weight is 386 g/mol. The third-order valence-corrected chi connectivity index (χ3v) is 5.22. The molecule has 2 aromatic rings. The molecule has 1 aromatic heterocycles. The van der Waals surface area contributed by atoms with Crippen LogP contribution in [0.1, 0.15) is 27.5 Å². The molecule has 7 heteroatoms. The number of nitrogens with one attached hydrogen (secondary N) is 1. The maximum Gasteiger partial charge on any atom is 0.273 e. The van der Waals surface area contributed by atoms with Gasteiger partial charge in [-0.1, -0.05) is 6.07 Å². The zero-order valence-electron chi connectivity index (χ0n) is 17.4. The molecule has 0 unspecified atom stereocenters. The first-order valence-electron chi connectivity index (χ1n) is 9.84. The van der Waals surface area contributed by atoms with E-state index in [1.807, 2.05) is 19.0 Å². The lowest BCUT2D eigenvalue weighted by Crippen LogP contribution is -2.46. The normalized spacial score (nSPS) is 15.2. The van der Waals surface area contributed by atoms with Gasteiger partial charge in [-0.2, -0.15) is 0 Å². The molecular weight excluding hydrogens is 354 g/mol. The minimum Gasteiger partial charge on any atom is -0.447 e. The summed E-state index contributed by atoms with van der Waals surface area (Å²) in [6, 6.07) is 6.66. The first-order valence-corrected chi connectivity index (χ1v) is 9.84. The number of benzene rings is 1. The predicted molar refractivity (Wildman–Crippen MR) is 111 cm³/mol. The average Bonchev–Trinajstić information content (AvgIpc) is 3.13. The highest BCUT2D eigenvalue weighted by Crippen LogP contribution is 2.20. The zero-order chi connectivity index (χ0) is 20.1. The van der Waals surface area contributed by atoms with Crippen molar-refractivity contribution in [2.24, 2.45) is 0 Å². The molecule has 0 aliphatic carbocycles. The van der Waals surface area contributed by atoms with Crippen molar-refractivity contribution in [1.82, 2.24) is 20.1 Å². The lowest BCUT2D eigenvalue weighted by atomic mass is 10.1. The van der Waals surface area contributed by atoms with Crippen LogP contribution in [0.3, 0.4) is 0 Å². The third-order valence-electron chi connectivity index (χ3n) is 5.22. The summed E-state index contributed by atoms with van der Waals surface area (Å²) in [6.07, 6.45) is 1.45. The fourth-order valence-electron chi connectivity index (χ4n) is 3.25. The summed E-state index contributed by atoms with van der Waals surface area (Å²) >= 11 is 0. The number of nitrogens with zero attached hydrogens (tertiary/aromatic N) is 4. The molecule has 1 aliphatic rings. The number of hydrogen-bond donors (Lipinski definition) is 1. The van der Waals surface area contributed by atoms with Gasteiger partial charge in [0.25, 0.3) is 5.91 Å². The van der Waals surface area contributed by atoms with Gasteiger partial charge < -0.3 is 19.5 Å². The molecule has 1 aromatic carbocycles. The van der Waals surface area contributed by atoms with Crippen LogP contribution in [-0.2, 0) is 6.54 Å². The van der Waals surface area contributed by atoms with Crippen molar-refractivity contribution in [2.75, 3.05) is 58.3 Å². The molecule has 0 saturated carbocycles. The van der Waals surface area contributed by atoms with Crippen molar-refractivity contribution in [3.63, 3.8) is 0 Å². The second-order valence-corrected chi connectivity index (χ2v) is 7.72. The Balaban J connectivity index is 1.48. The van der Waals surface area contributed by atoms with Crippen LogP contribution in [0.25, 0.3) is 0 Å². The molecule has 1 fully saturated rings. The van der Waals surface area contributed by atoms with Gasteiger partial charge in [-0.3, -0.25) is 9.69 Å². The van der Waals surface area contributed by atoms with E-state index in [9.17, 15) is 4.79 Å². The topological polar surface area (TPSA) is 64.8 Å². The largest absolute Gasteiger partial charge is 0.447 e. The van der Waals surface area contributed by atoms with E-state index in [2.05, 4.69) is 52.1 Å². The molecule has 152 valence electrons. The van der Waals surface area contributed by atoms with Crippen molar-refractivity contribution < 1.29 is 9.21 Å². The maximum atomic E-state index is 12.1. The van der Waals surface area contributed by atoms with Crippen molar-refractivity contribution in [1.29, 1.82) is 0 Å². The van der Waals surface area contributed by atoms with Gasteiger partial charge in [0, 0.05) is 45.0 Å². The number of carbonyl (C=O) groups is 1. The number of aryl methyl sites for hydroxylation is 2. The van der Waals surface area contributed by atoms with Gasteiger partial charge >= 0.3 is 0 Å². The molecule has 7 nitrogen and oxygen atoms in total. The van der Waals surface area contributed by atoms with Crippen LogP contribution in [0.15, 0.2) is 28.9 Å². The van der Waals surface area contributed by atoms with Crippen LogP contribution < -0.4 is 10.2 Å². The molecule has 3 rings (SSSR count). The number of carbonyl (C=O) groups excluding carboxylic acids is 1. The summed E-state index contributed by atoms with van der Waals surface area (Å²) in [5.74, 6) is 0.411. The Morgan fingerprint density at radius 3 is 2.61 bits per heavy atom. The third kappa shape index (κ3) is 5.33. The SMILES string of the molecule is Cc1ccc(N2CCN(Cc3nc(C(=O)NCCN(C)C)co3)CC2)cc1C. The van der Waals surface area contributed by atoms with E-state index in [-0.39, 0.29) is 5.91 Å². The Bertz CT molecular complexity index is 794. The van der Waals surface area contributed by atoms with Crippen molar-refractivity contribution in [2.45, 2.75) is 20.4 Å². The molecule has 0 spiro atoms. The van der Waals surface area contributed by atoms with Crippen LogP contribution in [0.4, 0.5) is 5.69 Å². The number of oxazole rings is 1. The summed E-state index contributed by atoms with van der Waals surface area (Å²) in [5.41, 5.74) is 4.29. The van der Waals surface area contributed by atoms with Gasteiger partial charge in [0.05, 0.1) is 6.54 Å². The Morgan fingerprint density at radius 1 is 1.18 bits per heavy atom. The fraction of sp³-hybridized carbons (Fsp3) is 0.524. The van der Waals surface area contributed by atoms with Gasteiger partial charge in [0.15, 0.2) is 5.69 Å². The van der Waals surface area contributed by atoms with Gasteiger partial charge in [0.2, 0.25) is 5.89 Å². The van der Waals surface area contributed by atoms with Crippen LogP contribution in [-0.4, -0.2) is 74.1 Å². The second kappa shape index (κ2) is 9.21. The minimum atomic E-state index is -0.184. The first kappa shape index (κ1) is 20.4. The van der Waals surface area contributed by atoms with E-state index < -0.39 is 0 Å². The quantitative estimate of drug-likeness (QED) is 0.785. The zero-order valence-corrected chi connectivity index (χ0v) is 17.4. The summed E-state index contributed by atoms with van der Waals surface area (Å²) in [7, 11) is 3.94. The summed E-state index contributed by atoms with van der Waals surface area (Å²) < 4.78 is 5.52. The van der Waals surface area contributed by atoms with Crippen LogP contribution >= 0.6 is 0 Å². The van der Waals surface area contributed by atoms with E-state index in [1.54, 1.807) is 0 Å². The van der Waals surface area contributed by atoms with E-state index in [0.717, 1.165) is 32.7 Å². The Morgan fingerprint density at radius 2 is 1.93 bits per heavy atom. The number of amides is 1. The predicted octanol–water partition coefficient (Wildman–Crippen LogP) is 1.91. The van der Waals surface area contributed by atoms with E-state index >= 15 is 0 Å². The van der Waals surface area contributed by atoms with Crippen LogP contribution in [0.5, 0.6) is 0 Å². The molecule has 0 radical (unpaired) electrons. The monoisotopic (exact) mass is 385 g/mol. The number of anilines is 1. The number of piperazine rings is 1. The Hall–Kier alpha value is -2.38. The lowest BCUT2D eigenvalue weighted by molar-refractivity contribution is 0.0946. The van der Waals surface area contributed by atoms with Gasteiger partial charge in [-0.25, -0.2) is 4.98 Å². The maximum absolute atomic E-state index is 12.1. The van der Waals surface area contributed by atoms with E-state index in [4.69, 9.17) is 4.42 Å². The van der Waals surface area contributed by atoms with Crippen LogP contribution in [0, 0.1) is 13.8 Å².